The Bertz CT molecular complexity index is 448. The summed E-state index contributed by atoms with van der Waals surface area (Å²) in [6.45, 7) is 5.04. The Kier molecular flexibility index (Phi) is 4.89. The molecule has 4 N–H and O–H groups in total. The Morgan fingerprint density at radius 2 is 2.00 bits per heavy atom. The van der Waals surface area contributed by atoms with E-state index < -0.39 is 11.2 Å². The molecular weight excluding hydrogens is 222 g/mol. The van der Waals surface area contributed by atoms with Crippen molar-refractivity contribution in [3.05, 3.63) is 20.8 Å². The van der Waals surface area contributed by atoms with Gasteiger partial charge in [-0.15, -0.1) is 5.10 Å². The Morgan fingerprint density at radius 3 is 2.47 bits per heavy atom. The molecule has 17 heavy (non-hydrogen) atoms. The summed E-state index contributed by atoms with van der Waals surface area (Å²) >= 11 is 0. The first-order valence-corrected chi connectivity index (χ1v) is 5.79. The molecule has 1 heterocycles. The van der Waals surface area contributed by atoms with Crippen LogP contribution in [0.5, 0.6) is 0 Å². The predicted octanol–water partition coefficient (Wildman–Crippen LogP) is -0.588. The van der Waals surface area contributed by atoms with Gasteiger partial charge >= 0.3 is 5.69 Å². The van der Waals surface area contributed by atoms with Crippen LogP contribution in [0.4, 0.5) is 5.82 Å². The standard InChI is InChI=1S/C10H19N5O2/c1-3-7(4-2)15(6-5-11)8-9(16)12-10(17)14-13-8/h7H,3-6,11H2,1-2H3,(H2,12,14,16,17). The molecule has 0 unspecified atom stereocenters. The molecule has 0 bridgehead atoms. The van der Waals surface area contributed by atoms with Gasteiger partial charge < -0.3 is 10.6 Å². The molecule has 0 aliphatic heterocycles. The molecule has 1 rings (SSSR count). The van der Waals surface area contributed by atoms with E-state index in [-0.39, 0.29) is 11.9 Å². The zero-order valence-corrected chi connectivity index (χ0v) is 10.2. The second-order valence-corrected chi connectivity index (χ2v) is 3.78. The van der Waals surface area contributed by atoms with Gasteiger partial charge in [0.2, 0.25) is 5.82 Å². The van der Waals surface area contributed by atoms with Crippen LogP contribution in [0.15, 0.2) is 9.59 Å². The molecule has 0 spiro atoms. The number of aromatic amines is 2. The van der Waals surface area contributed by atoms with Gasteiger partial charge in [0.25, 0.3) is 5.56 Å². The number of rotatable bonds is 6. The molecule has 0 aromatic carbocycles. The molecule has 0 fully saturated rings. The molecule has 0 aliphatic carbocycles. The number of hydrogen-bond acceptors (Lipinski definition) is 5. The van der Waals surface area contributed by atoms with E-state index in [0.717, 1.165) is 12.8 Å². The lowest BCUT2D eigenvalue weighted by molar-refractivity contribution is 0.547. The summed E-state index contributed by atoms with van der Waals surface area (Å²) in [5.41, 5.74) is 4.46. The van der Waals surface area contributed by atoms with Crippen LogP contribution in [0.1, 0.15) is 26.7 Å². The summed E-state index contributed by atoms with van der Waals surface area (Å²) in [5, 5.41) is 6.04. The number of nitrogens with two attached hydrogens (primary N) is 1. The Hall–Kier alpha value is -1.63. The number of hydrogen-bond donors (Lipinski definition) is 3. The molecule has 0 atom stereocenters. The molecule has 0 radical (unpaired) electrons. The average Bonchev–Trinajstić information content (AvgIpc) is 2.30. The Balaban J connectivity index is 3.12. The van der Waals surface area contributed by atoms with Crippen molar-refractivity contribution in [3.8, 4) is 0 Å². The Morgan fingerprint density at radius 1 is 1.35 bits per heavy atom. The smallest absolute Gasteiger partial charge is 0.342 e. The quantitative estimate of drug-likeness (QED) is 0.617. The maximum Gasteiger partial charge on any atom is 0.342 e. The maximum atomic E-state index is 11.7. The number of nitrogens with zero attached hydrogens (tertiary/aromatic N) is 2. The van der Waals surface area contributed by atoms with Crippen LogP contribution < -0.4 is 21.9 Å². The average molecular weight is 241 g/mol. The molecular formula is C10H19N5O2. The number of nitrogens with one attached hydrogen (secondary N) is 2. The third-order valence-corrected chi connectivity index (χ3v) is 2.72. The van der Waals surface area contributed by atoms with Crippen LogP contribution in [-0.2, 0) is 0 Å². The van der Waals surface area contributed by atoms with E-state index >= 15 is 0 Å². The molecule has 0 saturated heterocycles. The predicted molar refractivity (Wildman–Crippen MR) is 66.2 cm³/mol. The number of aromatic nitrogens is 3. The van der Waals surface area contributed by atoms with Crippen LogP contribution in [0, 0.1) is 0 Å². The number of anilines is 1. The van der Waals surface area contributed by atoms with Crippen molar-refractivity contribution in [2.24, 2.45) is 5.73 Å². The van der Waals surface area contributed by atoms with E-state index in [2.05, 4.69) is 15.2 Å². The zero-order valence-electron chi connectivity index (χ0n) is 10.2. The van der Waals surface area contributed by atoms with Crippen LogP contribution in [0.25, 0.3) is 0 Å². The highest BCUT2D eigenvalue weighted by Crippen LogP contribution is 2.12. The van der Waals surface area contributed by atoms with E-state index in [1.807, 2.05) is 18.7 Å². The first-order chi connectivity index (χ1) is 8.13. The number of H-pyrrole nitrogens is 2. The van der Waals surface area contributed by atoms with Gasteiger partial charge in [-0.25, -0.2) is 9.89 Å². The topological polar surface area (TPSA) is 108 Å². The molecule has 96 valence electrons. The van der Waals surface area contributed by atoms with E-state index in [4.69, 9.17) is 5.73 Å². The van der Waals surface area contributed by atoms with Gasteiger partial charge in [-0.05, 0) is 12.8 Å². The van der Waals surface area contributed by atoms with Crippen molar-refractivity contribution in [3.63, 3.8) is 0 Å². The lowest BCUT2D eigenvalue weighted by Crippen LogP contribution is -2.43. The molecule has 0 saturated carbocycles. The lowest BCUT2D eigenvalue weighted by atomic mass is 10.1. The van der Waals surface area contributed by atoms with Gasteiger partial charge in [0, 0.05) is 19.1 Å². The van der Waals surface area contributed by atoms with Crippen molar-refractivity contribution < 1.29 is 0 Å². The van der Waals surface area contributed by atoms with Gasteiger partial charge in [-0.2, -0.15) is 0 Å². The Labute approximate surface area is 99.0 Å². The van der Waals surface area contributed by atoms with Crippen molar-refractivity contribution >= 4 is 5.82 Å². The molecule has 0 amide bonds. The van der Waals surface area contributed by atoms with Crippen LogP contribution in [0.2, 0.25) is 0 Å². The highest BCUT2D eigenvalue weighted by Gasteiger charge is 2.19. The zero-order chi connectivity index (χ0) is 12.8. The minimum absolute atomic E-state index is 0.193. The fraction of sp³-hybridized carbons (Fsp3) is 0.700. The normalized spacial score (nSPS) is 10.8. The summed E-state index contributed by atoms with van der Waals surface area (Å²) in [6.07, 6.45) is 1.77. The van der Waals surface area contributed by atoms with Gasteiger partial charge in [-0.3, -0.25) is 9.78 Å². The van der Waals surface area contributed by atoms with Crippen molar-refractivity contribution in [1.82, 2.24) is 15.2 Å². The largest absolute Gasteiger partial charge is 0.346 e. The van der Waals surface area contributed by atoms with Crippen molar-refractivity contribution in [1.29, 1.82) is 0 Å². The van der Waals surface area contributed by atoms with E-state index in [9.17, 15) is 9.59 Å². The van der Waals surface area contributed by atoms with Crippen LogP contribution >= 0.6 is 0 Å². The highest BCUT2D eigenvalue weighted by atomic mass is 16.2. The molecule has 1 aromatic heterocycles. The molecule has 7 heteroatoms. The molecule has 7 nitrogen and oxygen atoms in total. The van der Waals surface area contributed by atoms with Crippen molar-refractivity contribution in [2.45, 2.75) is 32.7 Å². The summed E-state index contributed by atoms with van der Waals surface area (Å²) in [7, 11) is 0. The first kappa shape index (κ1) is 13.4. The third-order valence-electron chi connectivity index (χ3n) is 2.72. The van der Waals surface area contributed by atoms with Gasteiger partial charge in [0.05, 0.1) is 0 Å². The third kappa shape index (κ3) is 3.16. The maximum absolute atomic E-state index is 11.7. The first-order valence-electron chi connectivity index (χ1n) is 5.79. The van der Waals surface area contributed by atoms with Gasteiger partial charge in [0.15, 0.2) is 0 Å². The van der Waals surface area contributed by atoms with E-state index in [1.165, 1.54) is 0 Å². The fourth-order valence-electron chi connectivity index (χ4n) is 1.87. The van der Waals surface area contributed by atoms with E-state index in [0.29, 0.717) is 13.1 Å². The van der Waals surface area contributed by atoms with E-state index in [1.54, 1.807) is 0 Å². The second kappa shape index (κ2) is 6.19. The monoisotopic (exact) mass is 241 g/mol. The summed E-state index contributed by atoms with van der Waals surface area (Å²) < 4.78 is 0. The summed E-state index contributed by atoms with van der Waals surface area (Å²) in [6, 6.07) is 0.193. The van der Waals surface area contributed by atoms with Crippen LogP contribution in [-0.4, -0.2) is 34.3 Å². The fourth-order valence-corrected chi connectivity index (χ4v) is 1.87. The summed E-state index contributed by atoms with van der Waals surface area (Å²) in [4.78, 5) is 26.6. The SMILES string of the molecule is CCC(CC)N(CCN)c1n[nH]c(=O)[nH]c1=O. The lowest BCUT2D eigenvalue weighted by Gasteiger charge is -2.29. The van der Waals surface area contributed by atoms with Crippen molar-refractivity contribution in [2.75, 3.05) is 18.0 Å². The molecule has 1 aromatic rings. The second-order valence-electron chi connectivity index (χ2n) is 3.78. The van der Waals surface area contributed by atoms with Gasteiger partial charge in [0.1, 0.15) is 0 Å². The minimum atomic E-state index is -0.601. The minimum Gasteiger partial charge on any atom is -0.346 e. The molecule has 0 aliphatic rings. The highest BCUT2D eigenvalue weighted by molar-refractivity contribution is 5.35. The van der Waals surface area contributed by atoms with Crippen LogP contribution in [0.3, 0.4) is 0 Å². The van der Waals surface area contributed by atoms with Gasteiger partial charge in [-0.1, -0.05) is 13.8 Å². The summed E-state index contributed by atoms with van der Waals surface area (Å²) in [5.74, 6) is 0.226.